The van der Waals surface area contributed by atoms with Gasteiger partial charge >= 0.3 is 0 Å². The number of hydrogen-bond donors (Lipinski definition) is 1. The standard InChI is InChI=1S/C26H27BrClNO2/c1-4-6-21-14-20(16-29-24-12-9-22(27)13-18(24)3)15-25(30-5-2)26(21)31-17-19-7-10-23(28)11-8-19/h4,7-15,29H,1,5-6,16-17H2,2-3H3. The summed E-state index contributed by atoms with van der Waals surface area (Å²) in [6, 6.07) is 18.1. The molecular formula is C26H27BrClNO2. The quantitative estimate of drug-likeness (QED) is 0.289. The first kappa shape index (κ1) is 23.2. The van der Waals surface area contributed by atoms with Gasteiger partial charge in [-0.25, -0.2) is 0 Å². The average Bonchev–Trinajstić information content (AvgIpc) is 2.74. The first-order valence-corrected chi connectivity index (χ1v) is 11.4. The lowest BCUT2D eigenvalue weighted by Gasteiger charge is -2.18. The molecule has 0 amide bonds. The van der Waals surface area contributed by atoms with Gasteiger partial charge in [-0.05, 0) is 79.4 Å². The van der Waals surface area contributed by atoms with Crippen LogP contribution in [0.4, 0.5) is 5.69 Å². The first-order chi connectivity index (χ1) is 15.0. The Hall–Kier alpha value is -2.43. The largest absolute Gasteiger partial charge is 0.490 e. The van der Waals surface area contributed by atoms with Gasteiger partial charge in [0.25, 0.3) is 0 Å². The maximum atomic E-state index is 6.21. The zero-order valence-corrected chi connectivity index (χ0v) is 20.2. The molecule has 162 valence electrons. The van der Waals surface area contributed by atoms with E-state index in [0.29, 0.717) is 31.2 Å². The maximum Gasteiger partial charge on any atom is 0.165 e. The van der Waals surface area contributed by atoms with Crippen LogP contribution in [0.5, 0.6) is 11.5 Å². The number of benzene rings is 3. The summed E-state index contributed by atoms with van der Waals surface area (Å²) in [6.07, 6.45) is 2.58. The lowest BCUT2D eigenvalue weighted by atomic mass is 10.0. The van der Waals surface area contributed by atoms with Gasteiger partial charge in [0, 0.05) is 27.3 Å². The Balaban J connectivity index is 1.84. The van der Waals surface area contributed by atoms with Gasteiger partial charge < -0.3 is 14.8 Å². The van der Waals surface area contributed by atoms with Crippen molar-refractivity contribution in [3.8, 4) is 11.5 Å². The topological polar surface area (TPSA) is 30.5 Å². The Morgan fingerprint density at radius 1 is 1.03 bits per heavy atom. The van der Waals surface area contributed by atoms with E-state index >= 15 is 0 Å². The molecule has 0 bridgehead atoms. The lowest BCUT2D eigenvalue weighted by Crippen LogP contribution is -2.06. The number of allylic oxidation sites excluding steroid dienone is 1. The van der Waals surface area contributed by atoms with Gasteiger partial charge in [-0.3, -0.25) is 0 Å². The molecule has 0 aliphatic heterocycles. The average molecular weight is 501 g/mol. The Bertz CT molecular complexity index is 1030. The summed E-state index contributed by atoms with van der Waals surface area (Å²) in [6.45, 7) is 9.67. The molecule has 0 aliphatic rings. The van der Waals surface area contributed by atoms with E-state index in [1.807, 2.05) is 43.3 Å². The molecule has 0 aromatic heterocycles. The van der Waals surface area contributed by atoms with Crippen LogP contribution in [-0.4, -0.2) is 6.61 Å². The minimum Gasteiger partial charge on any atom is -0.490 e. The van der Waals surface area contributed by atoms with E-state index in [2.05, 4.69) is 59.0 Å². The number of ether oxygens (including phenoxy) is 2. The van der Waals surface area contributed by atoms with Gasteiger partial charge in [-0.1, -0.05) is 45.7 Å². The number of hydrogen-bond acceptors (Lipinski definition) is 3. The monoisotopic (exact) mass is 499 g/mol. The molecule has 5 heteroatoms. The third-order valence-corrected chi connectivity index (χ3v) is 5.57. The molecule has 1 N–H and O–H groups in total. The molecule has 0 atom stereocenters. The van der Waals surface area contributed by atoms with E-state index in [-0.39, 0.29) is 0 Å². The predicted octanol–water partition coefficient (Wildman–Crippen LogP) is 7.73. The summed E-state index contributed by atoms with van der Waals surface area (Å²) < 4.78 is 13.2. The summed E-state index contributed by atoms with van der Waals surface area (Å²) in [5.74, 6) is 1.51. The van der Waals surface area contributed by atoms with E-state index < -0.39 is 0 Å². The number of aryl methyl sites for hydroxylation is 1. The Morgan fingerprint density at radius 2 is 1.81 bits per heavy atom. The second-order valence-electron chi connectivity index (χ2n) is 7.24. The van der Waals surface area contributed by atoms with Crippen molar-refractivity contribution in [3.63, 3.8) is 0 Å². The predicted molar refractivity (Wildman–Crippen MR) is 134 cm³/mol. The van der Waals surface area contributed by atoms with Gasteiger partial charge in [-0.2, -0.15) is 0 Å². The summed E-state index contributed by atoms with van der Waals surface area (Å²) in [5, 5.41) is 4.23. The molecule has 0 unspecified atom stereocenters. The molecule has 0 fully saturated rings. The minimum atomic E-state index is 0.442. The van der Waals surface area contributed by atoms with Crippen molar-refractivity contribution >= 4 is 33.2 Å². The molecular weight excluding hydrogens is 474 g/mol. The van der Waals surface area contributed by atoms with Crippen LogP contribution in [0.2, 0.25) is 5.02 Å². The highest BCUT2D eigenvalue weighted by Gasteiger charge is 2.14. The summed E-state index contributed by atoms with van der Waals surface area (Å²) in [4.78, 5) is 0. The molecule has 0 spiro atoms. The van der Waals surface area contributed by atoms with Crippen LogP contribution >= 0.6 is 27.5 Å². The Kier molecular flexibility index (Phi) is 8.44. The van der Waals surface area contributed by atoms with Crippen LogP contribution < -0.4 is 14.8 Å². The highest BCUT2D eigenvalue weighted by molar-refractivity contribution is 9.10. The fraction of sp³-hybridized carbons (Fsp3) is 0.231. The van der Waals surface area contributed by atoms with Crippen molar-refractivity contribution in [1.82, 2.24) is 0 Å². The number of anilines is 1. The summed E-state index contributed by atoms with van der Waals surface area (Å²) in [7, 11) is 0. The smallest absolute Gasteiger partial charge is 0.165 e. The van der Waals surface area contributed by atoms with Gasteiger partial charge in [-0.15, -0.1) is 6.58 Å². The van der Waals surface area contributed by atoms with Gasteiger partial charge in [0.1, 0.15) is 6.61 Å². The number of nitrogens with one attached hydrogen (secondary N) is 1. The van der Waals surface area contributed by atoms with Crippen molar-refractivity contribution in [2.45, 2.75) is 33.4 Å². The first-order valence-electron chi connectivity index (χ1n) is 10.3. The van der Waals surface area contributed by atoms with Crippen LogP contribution in [0, 0.1) is 6.92 Å². The van der Waals surface area contributed by atoms with E-state index in [9.17, 15) is 0 Å². The Morgan fingerprint density at radius 3 is 2.48 bits per heavy atom. The molecule has 3 aromatic carbocycles. The third-order valence-electron chi connectivity index (χ3n) is 4.82. The second kappa shape index (κ2) is 11.3. The van der Waals surface area contributed by atoms with Crippen LogP contribution in [0.1, 0.15) is 29.2 Å². The molecule has 0 aliphatic carbocycles. The zero-order valence-electron chi connectivity index (χ0n) is 17.9. The summed E-state index contributed by atoms with van der Waals surface area (Å²) in [5.41, 5.74) is 5.52. The molecule has 0 heterocycles. The highest BCUT2D eigenvalue weighted by atomic mass is 79.9. The van der Waals surface area contributed by atoms with Crippen molar-refractivity contribution in [1.29, 1.82) is 0 Å². The van der Waals surface area contributed by atoms with Crippen molar-refractivity contribution in [3.05, 3.63) is 99.0 Å². The molecule has 31 heavy (non-hydrogen) atoms. The van der Waals surface area contributed by atoms with Crippen molar-refractivity contribution in [2.75, 3.05) is 11.9 Å². The van der Waals surface area contributed by atoms with Crippen LogP contribution in [0.15, 0.2) is 71.7 Å². The van der Waals surface area contributed by atoms with E-state index in [4.69, 9.17) is 21.1 Å². The van der Waals surface area contributed by atoms with Crippen molar-refractivity contribution < 1.29 is 9.47 Å². The maximum absolute atomic E-state index is 6.21. The van der Waals surface area contributed by atoms with Crippen molar-refractivity contribution in [2.24, 2.45) is 0 Å². The van der Waals surface area contributed by atoms with Crippen LogP contribution in [0.3, 0.4) is 0 Å². The fourth-order valence-corrected chi connectivity index (χ4v) is 3.92. The van der Waals surface area contributed by atoms with Crippen LogP contribution in [0.25, 0.3) is 0 Å². The molecule has 3 rings (SSSR count). The van der Waals surface area contributed by atoms with E-state index in [1.54, 1.807) is 0 Å². The van der Waals surface area contributed by atoms with E-state index in [1.165, 1.54) is 5.56 Å². The zero-order chi connectivity index (χ0) is 22.2. The Labute approximate surface area is 198 Å². The summed E-state index contributed by atoms with van der Waals surface area (Å²) >= 11 is 9.51. The molecule has 3 nitrogen and oxygen atoms in total. The van der Waals surface area contributed by atoms with Crippen LogP contribution in [-0.2, 0) is 19.6 Å². The molecule has 3 aromatic rings. The SMILES string of the molecule is C=CCc1cc(CNc2ccc(Br)cc2C)cc(OCC)c1OCc1ccc(Cl)cc1. The highest BCUT2D eigenvalue weighted by Crippen LogP contribution is 2.35. The number of halogens is 2. The lowest BCUT2D eigenvalue weighted by molar-refractivity contribution is 0.267. The fourth-order valence-electron chi connectivity index (χ4n) is 3.32. The molecule has 0 saturated heterocycles. The second-order valence-corrected chi connectivity index (χ2v) is 8.59. The van der Waals surface area contributed by atoms with Gasteiger partial charge in [0.15, 0.2) is 11.5 Å². The third kappa shape index (κ3) is 6.52. The van der Waals surface area contributed by atoms with Gasteiger partial charge in [0.2, 0.25) is 0 Å². The minimum absolute atomic E-state index is 0.442. The van der Waals surface area contributed by atoms with Gasteiger partial charge in [0.05, 0.1) is 6.61 Å². The molecule has 0 radical (unpaired) electrons. The van der Waals surface area contributed by atoms with E-state index in [0.717, 1.165) is 38.3 Å². The normalized spacial score (nSPS) is 10.6. The molecule has 0 saturated carbocycles. The number of rotatable bonds is 10.